The van der Waals surface area contributed by atoms with Gasteiger partial charge in [-0.3, -0.25) is 14.6 Å². The number of furan rings is 1. The number of hydrogen-bond donors (Lipinski definition) is 2. The van der Waals surface area contributed by atoms with Gasteiger partial charge in [-0.25, -0.2) is 0 Å². The number of carbonyl (C=O) groups excluding carboxylic acids is 2. The molecule has 0 radical (unpaired) electrons. The van der Waals surface area contributed by atoms with Gasteiger partial charge in [-0.1, -0.05) is 19.0 Å². The Balaban J connectivity index is 1.60. The summed E-state index contributed by atoms with van der Waals surface area (Å²) >= 11 is 0. The molecule has 0 bridgehead atoms. The lowest BCUT2D eigenvalue weighted by Crippen LogP contribution is -2.49. The van der Waals surface area contributed by atoms with Crippen LogP contribution >= 0.6 is 0 Å². The molecule has 3 rings (SSSR count). The van der Waals surface area contributed by atoms with Crippen LogP contribution in [0.3, 0.4) is 0 Å². The van der Waals surface area contributed by atoms with E-state index in [2.05, 4.69) is 25.8 Å². The second-order valence-corrected chi connectivity index (χ2v) is 6.14. The molecule has 0 aliphatic heterocycles. The molecule has 0 saturated carbocycles. The molecule has 1 atom stereocenters. The van der Waals surface area contributed by atoms with Crippen molar-refractivity contribution in [2.75, 3.05) is 0 Å². The van der Waals surface area contributed by atoms with Crippen LogP contribution in [0.15, 0.2) is 51.9 Å². The number of nitrogens with one attached hydrogen (secondary N) is 2. The Labute approximate surface area is 155 Å². The van der Waals surface area contributed by atoms with Crippen LogP contribution in [0.4, 0.5) is 0 Å². The molecule has 1 unspecified atom stereocenters. The Morgan fingerprint density at radius 1 is 1.19 bits per heavy atom. The third-order valence-corrected chi connectivity index (χ3v) is 3.80. The summed E-state index contributed by atoms with van der Waals surface area (Å²) in [7, 11) is 0. The zero-order valence-electron chi connectivity index (χ0n) is 14.9. The Morgan fingerprint density at radius 2 is 1.96 bits per heavy atom. The number of hydrogen-bond acceptors (Lipinski definition) is 7. The van der Waals surface area contributed by atoms with Crippen LogP contribution in [-0.4, -0.2) is 33.0 Å². The molecule has 0 aromatic carbocycles. The van der Waals surface area contributed by atoms with Crippen LogP contribution in [0.2, 0.25) is 0 Å². The van der Waals surface area contributed by atoms with E-state index in [1.165, 1.54) is 12.3 Å². The van der Waals surface area contributed by atoms with Gasteiger partial charge in [0.15, 0.2) is 5.76 Å². The Hall–Kier alpha value is -3.49. The third-order valence-electron chi connectivity index (χ3n) is 3.80. The van der Waals surface area contributed by atoms with Gasteiger partial charge < -0.3 is 19.6 Å². The minimum absolute atomic E-state index is 0.0523. The molecule has 9 heteroatoms. The van der Waals surface area contributed by atoms with Crippen LogP contribution in [0.1, 0.15) is 30.3 Å². The van der Waals surface area contributed by atoms with Crippen LogP contribution in [-0.2, 0) is 11.3 Å². The van der Waals surface area contributed by atoms with E-state index in [1.54, 1.807) is 30.6 Å². The van der Waals surface area contributed by atoms with Crippen molar-refractivity contribution in [3.05, 3.63) is 54.6 Å². The van der Waals surface area contributed by atoms with E-state index in [0.29, 0.717) is 5.82 Å². The second-order valence-electron chi connectivity index (χ2n) is 6.14. The van der Waals surface area contributed by atoms with Crippen molar-refractivity contribution in [1.29, 1.82) is 0 Å². The first-order chi connectivity index (χ1) is 13.0. The largest absolute Gasteiger partial charge is 0.459 e. The fourth-order valence-corrected chi connectivity index (χ4v) is 2.37. The highest BCUT2D eigenvalue weighted by molar-refractivity contribution is 5.95. The number of rotatable bonds is 7. The molecule has 0 spiro atoms. The molecule has 3 aromatic heterocycles. The quantitative estimate of drug-likeness (QED) is 0.651. The maximum atomic E-state index is 12.5. The van der Waals surface area contributed by atoms with E-state index in [9.17, 15) is 9.59 Å². The molecule has 140 valence electrons. The standard InChI is InChI=1S/C18H19N5O4/c1-11(2)15(22-17(24)13-4-3-9-26-13)18(25)20-10-14-21-16(23-27-14)12-5-7-19-8-6-12/h3-9,11,15H,10H2,1-2H3,(H,20,25)(H,22,24). The molecule has 0 aliphatic rings. The van der Waals surface area contributed by atoms with E-state index in [1.807, 2.05) is 13.8 Å². The van der Waals surface area contributed by atoms with E-state index in [0.717, 1.165) is 5.56 Å². The number of pyridine rings is 1. The topological polar surface area (TPSA) is 123 Å². The molecular formula is C18H19N5O4. The van der Waals surface area contributed by atoms with Gasteiger partial charge in [-0.05, 0) is 30.2 Å². The first-order valence-corrected chi connectivity index (χ1v) is 8.39. The lowest BCUT2D eigenvalue weighted by atomic mass is 10.0. The lowest BCUT2D eigenvalue weighted by molar-refractivity contribution is -0.124. The predicted octanol–water partition coefficient (Wildman–Crippen LogP) is 1.80. The van der Waals surface area contributed by atoms with Crippen molar-refractivity contribution in [1.82, 2.24) is 25.8 Å². The number of aromatic nitrogens is 3. The Bertz CT molecular complexity index is 890. The monoisotopic (exact) mass is 369 g/mol. The maximum absolute atomic E-state index is 12.5. The second kappa shape index (κ2) is 8.26. The Morgan fingerprint density at radius 3 is 2.63 bits per heavy atom. The van der Waals surface area contributed by atoms with Crippen molar-refractivity contribution in [3.8, 4) is 11.4 Å². The smallest absolute Gasteiger partial charge is 0.287 e. The van der Waals surface area contributed by atoms with E-state index >= 15 is 0 Å². The normalized spacial score (nSPS) is 12.0. The maximum Gasteiger partial charge on any atom is 0.287 e. The van der Waals surface area contributed by atoms with Gasteiger partial charge >= 0.3 is 0 Å². The zero-order chi connectivity index (χ0) is 19.2. The van der Waals surface area contributed by atoms with E-state index in [-0.39, 0.29) is 30.0 Å². The summed E-state index contributed by atoms with van der Waals surface area (Å²) in [5.74, 6) is -0.116. The molecule has 0 aliphatic carbocycles. The van der Waals surface area contributed by atoms with Crippen molar-refractivity contribution in [3.63, 3.8) is 0 Å². The molecule has 0 saturated heterocycles. The molecule has 3 aromatic rings. The van der Waals surface area contributed by atoms with Crippen molar-refractivity contribution in [2.45, 2.75) is 26.4 Å². The summed E-state index contributed by atoms with van der Waals surface area (Å²) in [6.45, 7) is 3.72. The molecule has 27 heavy (non-hydrogen) atoms. The van der Waals surface area contributed by atoms with Gasteiger partial charge in [0.25, 0.3) is 5.91 Å². The first-order valence-electron chi connectivity index (χ1n) is 8.39. The highest BCUT2D eigenvalue weighted by Crippen LogP contribution is 2.14. The van der Waals surface area contributed by atoms with Gasteiger partial charge in [-0.15, -0.1) is 0 Å². The van der Waals surface area contributed by atoms with Gasteiger partial charge in [-0.2, -0.15) is 4.98 Å². The SMILES string of the molecule is CC(C)C(NC(=O)c1ccco1)C(=O)NCc1nc(-c2ccncc2)no1. The number of carbonyl (C=O) groups is 2. The lowest BCUT2D eigenvalue weighted by Gasteiger charge is -2.20. The summed E-state index contributed by atoms with van der Waals surface area (Å²) in [6, 6.07) is 5.92. The summed E-state index contributed by atoms with van der Waals surface area (Å²) in [5, 5.41) is 9.25. The van der Waals surface area contributed by atoms with Gasteiger partial charge in [0.1, 0.15) is 6.04 Å². The van der Waals surface area contributed by atoms with Crippen molar-refractivity contribution >= 4 is 11.8 Å². The number of amides is 2. The van der Waals surface area contributed by atoms with Crippen molar-refractivity contribution in [2.24, 2.45) is 5.92 Å². The summed E-state index contributed by atoms with van der Waals surface area (Å²) < 4.78 is 10.2. The molecule has 9 nitrogen and oxygen atoms in total. The van der Waals surface area contributed by atoms with Crippen LogP contribution in [0.25, 0.3) is 11.4 Å². The minimum atomic E-state index is -0.731. The summed E-state index contributed by atoms with van der Waals surface area (Å²) in [6.07, 6.45) is 4.65. The predicted molar refractivity (Wildman–Crippen MR) is 94.2 cm³/mol. The molecule has 3 heterocycles. The van der Waals surface area contributed by atoms with E-state index < -0.39 is 11.9 Å². The van der Waals surface area contributed by atoms with Gasteiger partial charge in [0.05, 0.1) is 12.8 Å². The highest BCUT2D eigenvalue weighted by Gasteiger charge is 2.25. The molecule has 2 N–H and O–H groups in total. The molecule has 2 amide bonds. The van der Waals surface area contributed by atoms with Gasteiger partial charge in [0.2, 0.25) is 17.6 Å². The fourth-order valence-electron chi connectivity index (χ4n) is 2.37. The van der Waals surface area contributed by atoms with Crippen LogP contribution < -0.4 is 10.6 Å². The van der Waals surface area contributed by atoms with Crippen molar-refractivity contribution < 1.29 is 18.5 Å². The third kappa shape index (κ3) is 4.57. The first kappa shape index (κ1) is 18.3. The summed E-state index contributed by atoms with van der Waals surface area (Å²) in [5.41, 5.74) is 0.761. The molecule has 0 fully saturated rings. The van der Waals surface area contributed by atoms with Crippen LogP contribution in [0, 0.1) is 5.92 Å². The summed E-state index contributed by atoms with van der Waals surface area (Å²) in [4.78, 5) is 32.8. The Kier molecular flexibility index (Phi) is 5.60. The average Bonchev–Trinajstić information content (AvgIpc) is 3.36. The molecular weight excluding hydrogens is 350 g/mol. The van der Waals surface area contributed by atoms with Crippen LogP contribution in [0.5, 0.6) is 0 Å². The van der Waals surface area contributed by atoms with Gasteiger partial charge in [0, 0.05) is 18.0 Å². The average molecular weight is 369 g/mol. The minimum Gasteiger partial charge on any atom is -0.459 e. The fraction of sp³-hybridized carbons (Fsp3) is 0.278. The van der Waals surface area contributed by atoms with E-state index in [4.69, 9.17) is 8.94 Å². The number of nitrogens with zero attached hydrogens (tertiary/aromatic N) is 3. The zero-order valence-corrected chi connectivity index (χ0v) is 14.9. The highest BCUT2D eigenvalue weighted by atomic mass is 16.5.